The molecule has 2 aromatic rings. The van der Waals surface area contributed by atoms with E-state index in [1.54, 1.807) is 11.8 Å². The van der Waals surface area contributed by atoms with Crippen molar-refractivity contribution in [1.29, 1.82) is 0 Å². The maximum absolute atomic E-state index is 11.4. The van der Waals surface area contributed by atoms with E-state index in [2.05, 4.69) is 30.3 Å². The van der Waals surface area contributed by atoms with E-state index in [4.69, 9.17) is 0 Å². The summed E-state index contributed by atoms with van der Waals surface area (Å²) < 4.78 is 0. The molecule has 0 spiro atoms. The second kappa shape index (κ2) is 5.88. The fraction of sp³-hybridized carbons (Fsp3) is 0.353. The molecule has 1 fully saturated rings. The zero-order chi connectivity index (χ0) is 13.9. The Labute approximate surface area is 123 Å². The van der Waals surface area contributed by atoms with Crippen LogP contribution >= 0.6 is 11.8 Å². The molecule has 1 aliphatic carbocycles. The van der Waals surface area contributed by atoms with Crippen molar-refractivity contribution in [3.63, 3.8) is 0 Å². The van der Waals surface area contributed by atoms with Crippen LogP contribution in [0.5, 0.6) is 0 Å². The quantitative estimate of drug-likeness (QED) is 0.897. The largest absolute Gasteiger partial charge is 0.481 e. The number of fused-ring (bicyclic) bond motifs is 1. The maximum atomic E-state index is 11.4. The molecule has 1 aliphatic rings. The lowest BCUT2D eigenvalue weighted by atomic mass is 9.89. The molecule has 2 nitrogen and oxygen atoms in total. The lowest BCUT2D eigenvalue weighted by Crippen LogP contribution is -2.28. The van der Waals surface area contributed by atoms with Crippen LogP contribution in [0.2, 0.25) is 0 Å². The summed E-state index contributed by atoms with van der Waals surface area (Å²) in [5, 5.41) is 12.0. The van der Waals surface area contributed by atoms with E-state index in [1.165, 1.54) is 15.7 Å². The average Bonchev–Trinajstić information content (AvgIpc) is 2.47. The van der Waals surface area contributed by atoms with Crippen LogP contribution in [0, 0.1) is 5.92 Å². The van der Waals surface area contributed by atoms with Crippen molar-refractivity contribution in [3.05, 3.63) is 42.5 Å². The molecule has 0 aliphatic heterocycles. The molecule has 0 saturated heterocycles. The lowest BCUT2D eigenvalue weighted by Gasteiger charge is -2.28. The van der Waals surface area contributed by atoms with Crippen LogP contribution in [0.3, 0.4) is 0 Å². The Morgan fingerprint density at radius 2 is 1.80 bits per heavy atom. The number of carboxylic acids is 1. The Bertz CT molecular complexity index is 623. The number of hydrogen-bond donors (Lipinski definition) is 1. The van der Waals surface area contributed by atoms with Gasteiger partial charge in [-0.2, -0.15) is 0 Å². The molecule has 20 heavy (non-hydrogen) atoms. The molecule has 0 radical (unpaired) electrons. The number of aliphatic carboxylic acids is 1. The molecule has 3 rings (SSSR count). The van der Waals surface area contributed by atoms with E-state index in [-0.39, 0.29) is 11.2 Å². The van der Waals surface area contributed by atoms with Gasteiger partial charge < -0.3 is 5.11 Å². The van der Waals surface area contributed by atoms with E-state index in [0.717, 1.165) is 25.7 Å². The van der Waals surface area contributed by atoms with Crippen LogP contribution in [-0.4, -0.2) is 16.3 Å². The van der Waals surface area contributed by atoms with Gasteiger partial charge in [0.25, 0.3) is 0 Å². The summed E-state index contributed by atoms with van der Waals surface area (Å²) in [4.78, 5) is 12.5. The van der Waals surface area contributed by atoms with Crippen molar-refractivity contribution in [1.82, 2.24) is 0 Å². The fourth-order valence-corrected chi connectivity index (χ4v) is 4.33. The lowest BCUT2D eigenvalue weighted by molar-refractivity contribution is -0.142. The maximum Gasteiger partial charge on any atom is 0.307 e. The van der Waals surface area contributed by atoms with E-state index in [9.17, 15) is 9.90 Å². The summed E-state index contributed by atoms with van der Waals surface area (Å²) >= 11 is 1.73. The highest BCUT2D eigenvalue weighted by Gasteiger charge is 2.31. The number of hydrogen-bond acceptors (Lipinski definition) is 2. The minimum absolute atomic E-state index is 0.194. The normalized spacial score (nSPS) is 22.8. The van der Waals surface area contributed by atoms with Crippen molar-refractivity contribution in [2.75, 3.05) is 0 Å². The zero-order valence-corrected chi connectivity index (χ0v) is 12.1. The molecule has 1 N–H and O–H groups in total. The van der Waals surface area contributed by atoms with Crippen molar-refractivity contribution < 1.29 is 9.90 Å². The summed E-state index contributed by atoms with van der Waals surface area (Å²) in [7, 11) is 0. The molecule has 104 valence electrons. The van der Waals surface area contributed by atoms with Gasteiger partial charge in [-0.15, -0.1) is 11.8 Å². The molecular formula is C17H18O2S. The first kappa shape index (κ1) is 13.5. The molecule has 0 heterocycles. The zero-order valence-electron chi connectivity index (χ0n) is 11.3. The number of rotatable bonds is 3. The fourth-order valence-electron chi connectivity index (χ4n) is 2.94. The smallest absolute Gasteiger partial charge is 0.307 e. The van der Waals surface area contributed by atoms with Gasteiger partial charge in [0.05, 0.1) is 5.92 Å². The summed E-state index contributed by atoms with van der Waals surface area (Å²) in [5.74, 6) is -0.830. The predicted molar refractivity (Wildman–Crippen MR) is 83.2 cm³/mol. The van der Waals surface area contributed by atoms with Gasteiger partial charge in [0, 0.05) is 10.1 Å². The third kappa shape index (κ3) is 2.83. The van der Waals surface area contributed by atoms with Gasteiger partial charge in [0.1, 0.15) is 0 Å². The van der Waals surface area contributed by atoms with Crippen molar-refractivity contribution in [2.45, 2.75) is 35.8 Å². The van der Waals surface area contributed by atoms with E-state index >= 15 is 0 Å². The minimum atomic E-state index is -0.636. The molecule has 0 amide bonds. The highest BCUT2D eigenvalue weighted by molar-refractivity contribution is 8.00. The number of carboxylic acid groups (broad SMARTS) is 1. The standard InChI is InChI=1S/C17H18O2S/c18-17(19)15-7-3-4-8-16(15)20-14-10-9-12-5-1-2-6-13(12)11-14/h1-2,5-6,9-11,15-16H,3-4,7-8H2,(H,18,19). The van der Waals surface area contributed by atoms with Crippen molar-refractivity contribution >= 4 is 28.5 Å². The van der Waals surface area contributed by atoms with Gasteiger partial charge in [0.2, 0.25) is 0 Å². The molecule has 1 saturated carbocycles. The highest BCUT2D eigenvalue weighted by Crippen LogP contribution is 2.38. The van der Waals surface area contributed by atoms with Gasteiger partial charge in [-0.25, -0.2) is 0 Å². The summed E-state index contributed by atoms with van der Waals surface area (Å²) in [6.45, 7) is 0. The summed E-state index contributed by atoms with van der Waals surface area (Å²) in [5.41, 5.74) is 0. The Kier molecular flexibility index (Phi) is 3.97. The molecule has 0 bridgehead atoms. The Morgan fingerprint density at radius 1 is 1.05 bits per heavy atom. The van der Waals surface area contributed by atoms with Gasteiger partial charge >= 0.3 is 5.97 Å². The van der Waals surface area contributed by atoms with Crippen molar-refractivity contribution in [2.24, 2.45) is 5.92 Å². The van der Waals surface area contributed by atoms with E-state index < -0.39 is 5.97 Å². The number of thioether (sulfide) groups is 1. The minimum Gasteiger partial charge on any atom is -0.481 e. The van der Waals surface area contributed by atoms with Gasteiger partial charge in [-0.1, -0.05) is 43.2 Å². The summed E-state index contributed by atoms with van der Waals surface area (Å²) in [6.07, 6.45) is 4.02. The third-order valence-electron chi connectivity index (χ3n) is 4.03. The SMILES string of the molecule is O=C(O)C1CCCCC1Sc1ccc2ccccc2c1. The first-order valence-corrected chi connectivity index (χ1v) is 8.00. The Morgan fingerprint density at radius 3 is 2.60 bits per heavy atom. The molecule has 3 heteroatoms. The van der Waals surface area contributed by atoms with Crippen LogP contribution in [0.1, 0.15) is 25.7 Å². The average molecular weight is 286 g/mol. The molecule has 2 atom stereocenters. The number of benzene rings is 2. The second-order valence-electron chi connectivity index (χ2n) is 5.39. The van der Waals surface area contributed by atoms with Gasteiger partial charge in [0.15, 0.2) is 0 Å². The molecule has 0 aromatic heterocycles. The van der Waals surface area contributed by atoms with Crippen molar-refractivity contribution in [3.8, 4) is 0 Å². The first-order valence-electron chi connectivity index (χ1n) is 7.12. The van der Waals surface area contributed by atoms with E-state index in [1.807, 2.05) is 12.1 Å². The second-order valence-corrected chi connectivity index (χ2v) is 6.71. The molecule has 2 unspecified atom stereocenters. The van der Waals surface area contributed by atoms with Crippen LogP contribution < -0.4 is 0 Å². The van der Waals surface area contributed by atoms with Crippen LogP contribution in [0.4, 0.5) is 0 Å². The van der Waals surface area contributed by atoms with Gasteiger partial charge in [-0.3, -0.25) is 4.79 Å². The third-order valence-corrected chi connectivity index (χ3v) is 5.42. The van der Waals surface area contributed by atoms with E-state index in [0.29, 0.717) is 0 Å². The first-order chi connectivity index (χ1) is 9.74. The predicted octanol–water partition coefficient (Wildman–Crippen LogP) is 4.58. The van der Waals surface area contributed by atoms with Crippen LogP contribution in [0.25, 0.3) is 10.8 Å². The van der Waals surface area contributed by atoms with Crippen LogP contribution in [0.15, 0.2) is 47.4 Å². The van der Waals surface area contributed by atoms with Gasteiger partial charge in [-0.05, 0) is 35.7 Å². The highest BCUT2D eigenvalue weighted by atomic mass is 32.2. The Balaban J connectivity index is 1.82. The molecule has 2 aromatic carbocycles. The van der Waals surface area contributed by atoms with Crippen LogP contribution in [-0.2, 0) is 4.79 Å². The molecular weight excluding hydrogens is 268 g/mol. The monoisotopic (exact) mass is 286 g/mol. The topological polar surface area (TPSA) is 37.3 Å². The number of carbonyl (C=O) groups is 1. The Hall–Kier alpha value is -1.48. The summed E-state index contributed by atoms with van der Waals surface area (Å²) in [6, 6.07) is 14.7.